The number of ether oxygens (including phenoxy) is 1. The van der Waals surface area contributed by atoms with Gasteiger partial charge >= 0.3 is 5.97 Å². The summed E-state index contributed by atoms with van der Waals surface area (Å²) in [6.07, 6.45) is 0.857. The van der Waals surface area contributed by atoms with Crippen LogP contribution in [0.2, 0.25) is 0 Å². The maximum atomic E-state index is 12.9. The van der Waals surface area contributed by atoms with Crippen molar-refractivity contribution in [1.29, 1.82) is 0 Å². The van der Waals surface area contributed by atoms with E-state index in [-0.39, 0.29) is 42.0 Å². The molecule has 1 heterocycles. The quantitative estimate of drug-likeness (QED) is 0.813. The Kier molecular flexibility index (Phi) is 4.05. The number of nitrogens with one attached hydrogen (secondary N) is 1. The number of anilines is 3. The zero-order valence-corrected chi connectivity index (χ0v) is 12.5. The van der Waals surface area contributed by atoms with Gasteiger partial charge in [0.05, 0.1) is 5.92 Å². The van der Waals surface area contributed by atoms with E-state index in [2.05, 4.69) is 20.3 Å². The summed E-state index contributed by atoms with van der Waals surface area (Å²) in [4.78, 5) is 23.7. The SMILES string of the molecule is CC1CC1C(=O)OCc1nc(N)nc(Nc2ccc(F)cc2)n1. The number of esters is 1. The smallest absolute Gasteiger partial charge is 0.309 e. The number of nitrogen functional groups attached to an aromatic ring is 1. The normalized spacial score (nSPS) is 19.2. The van der Waals surface area contributed by atoms with Crippen molar-refractivity contribution in [2.75, 3.05) is 11.1 Å². The molecule has 1 aromatic carbocycles. The Morgan fingerprint density at radius 1 is 1.35 bits per heavy atom. The van der Waals surface area contributed by atoms with E-state index in [4.69, 9.17) is 10.5 Å². The van der Waals surface area contributed by atoms with Crippen molar-refractivity contribution in [3.8, 4) is 0 Å². The largest absolute Gasteiger partial charge is 0.457 e. The lowest BCUT2D eigenvalue weighted by atomic mass is 10.3. The van der Waals surface area contributed by atoms with Crippen molar-refractivity contribution < 1.29 is 13.9 Å². The zero-order chi connectivity index (χ0) is 16.4. The van der Waals surface area contributed by atoms with Gasteiger partial charge in [-0.05, 0) is 36.6 Å². The molecular weight excluding hydrogens is 301 g/mol. The molecule has 2 aromatic rings. The number of halogens is 1. The van der Waals surface area contributed by atoms with Crippen LogP contribution in [0.1, 0.15) is 19.2 Å². The molecule has 7 nitrogen and oxygen atoms in total. The number of aromatic nitrogens is 3. The van der Waals surface area contributed by atoms with Crippen molar-refractivity contribution in [2.45, 2.75) is 20.0 Å². The van der Waals surface area contributed by atoms with Gasteiger partial charge in [0, 0.05) is 5.69 Å². The van der Waals surface area contributed by atoms with Gasteiger partial charge in [0.15, 0.2) is 12.4 Å². The van der Waals surface area contributed by atoms with E-state index in [0.29, 0.717) is 11.6 Å². The van der Waals surface area contributed by atoms with Crippen LogP contribution < -0.4 is 11.1 Å². The van der Waals surface area contributed by atoms with Gasteiger partial charge in [-0.2, -0.15) is 15.0 Å². The molecule has 0 radical (unpaired) electrons. The number of carbonyl (C=O) groups excluding carboxylic acids is 1. The van der Waals surface area contributed by atoms with Crippen molar-refractivity contribution in [3.05, 3.63) is 35.9 Å². The molecule has 1 aromatic heterocycles. The summed E-state index contributed by atoms with van der Waals surface area (Å²) in [5, 5.41) is 2.89. The third-order valence-corrected chi connectivity index (χ3v) is 3.56. The lowest BCUT2D eigenvalue weighted by Crippen LogP contribution is -2.12. The van der Waals surface area contributed by atoms with Crippen LogP contribution >= 0.6 is 0 Å². The predicted octanol–water partition coefficient (Wildman–Crippen LogP) is 2.04. The molecule has 0 saturated heterocycles. The van der Waals surface area contributed by atoms with Crippen molar-refractivity contribution in [2.24, 2.45) is 11.8 Å². The Labute approximate surface area is 132 Å². The molecule has 3 rings (SSSR count). The number of benzene rings is 1. The van der Waals surface area contributed by atoms with Gasteiger partial charge < -0.3 is 15.8 Å². The second-order valence-corrected chi connectivity index (χ2v) is 5.49. The third kappa shape index (κ3) is 3.91. The van der Waals surface area contributed by atoms with E-state index < -0.39 is 0 Å². The fourth-order valence-electron chi connectivity index (χ4n) is 2.11. The number of nitrogens with zero attached hydrogens (tertiary/aromatic N) is 3. The molecule has 1 aliphatic carbocycles. The van der Waals surface area contributed by atoms with Gasteiger partial charge in [0.2, 0.25) is 11.9 Å². The molecule has 8 heteroatoms. The maximum absolute atomic E-state index is 12.9. The van der Waals surface area contributed by atoms with Gasteiger partial charge in [-0.1, -0.05) is 6.92 Å². The fraction of sp³-hybridized carbons (Fsp3) is 0.333. The summed E-state index contributed by atoms with van der Waals surface area (Å²) in [7, 11) is 0. The Morgan fingerprint density at radius 3 is 2.70 bits per heavy atom. The molecule has 0 bridgehead atoms. The van der Waals surface area contributed by atoms with Crippen LogP contribution in [0, 0.1) is 17.7 Å². The summed E-state index contributed by atoms with van der Waals surface area (Å²) < 4.78 is 18.1. The van der Waals surface area contributed by atoms with Crippen LogP contribution in [0.3, 0.4) is 0 Å². The molecule has 120 valence electrons. The first-order chi connectivity index (χ1) is 11.0. The molecule has 23 heavy (non-hydrogen) atoms. The summed E-state index contributed by atoms with van der Waals surface area (Å²) in [6.45, 7) is 1.93. The Balaban J connectivity index is 1.66. The highest BCUT2D eigenvalue weighted by Crippen LogP contribution is 2.38. The highest BCUT2D eigenvalue weighted by molar-refractivity contribution is 5.75. The number of carbonyl (C=O) groups is 1. The topological polar surface area (TPSA) is 103 Å². The van der Waals surface area contributed by atoms with Crippen LogP contribution in [0.4, 0.5) is 22.0 Å². The van der Waals surface area contributed by atoms with Crippen LogP contribution in [-0.2, 0) is 16.1 Å². The number of hydrogen-bond donors (Lipinski definition) is 2. The summed E-state index contributed by atoms with van der Waals surface area (Å²) in [5.74, 6) is 0.235. The standard InChI is InChI=1S/C15H16FN5O2/c1-8-6-11(8)13(22)23-7-12-19-14(17)21-15(20-12)18-10-4-2-9(16)3-5-10/h2-5,8,11H,6-7H2,1H3,(H3,17,18,19,20,21). The van der Waals surface area contributed by atoms with Gasteiger partial charge in [-0.3, -0.25) is 4.79 Å². The van der Waals surface area contributed by atoms with Crippen LogP contribution in [0.5, 0.6) is 0 Å². The van der Waals surface area contributed by atoms with E-state index in [9.17, 15) is 9.18 Å². The molecule has 3 N–H and O–H groups in total. The van der Waals surface area contributed by atoms with Gasteiger partial charge in [-0.15, -0.1) is 0 Å². The number of rotatable bonds is 5. The highest BCUT2D eigenvalue weighted by Gasteiger charge is 2.40. The van der Waals surface area contributed by atoms with E-state index in [0.717, 1.165) is 6.42 Å². The molecule has 0 aliphatic heterocycles. The van der Waals surface area contributed by atoms with E-state index in [1.807, 2.05) is 6.92 Å². The fourth-order valence-corrected chi connectivity index (χ4v) is 2.11. The summed E-state index contributed by atoms with van der Waals surface area (Å²) in [5.41, 5.74) is 6.24. The average molecular weight is 317 g/mol. The minimum absolute atomic E-state index is 0.00968. The lowest BCUT2D eigenvalue weighted by Gasteiger charge is -2.08. The highest BCUT2D eigenvalue weighted by atomic mass is 19.1. The molecule has 1 saturated carbocycles. The van der Waals surface area contributed by atoms with Crippen LogP contribution in [-0.4, -0.2) is 20.9 Å². The maximum Gasteiger partial charge on any atom is 0.309 e. The average Bonchev–Trinajstić information content (AvgIpc) is 3.24. The molecule has 1 aliphatic rings. The Morgan fingerprint density at radius 2 is 2.04 bits per heavy atom. The number of nitrogens with two attached hydrogens (primary N) is 1. The van der Waals surface area contributed by atoms with Crippen LogP contribution in [0.15, 0.2) is 24.3 Å². The lowest BCUT2D eigenvalue weighted by molar-refractivity contribution is -0.147. The van der Waals surface area contributed by atoms with Gasteiger partial charge in [0.1, 0.15) is 5.82 Å². The molecule has 2 unspecified atom stereocenters. The van der Waals surface area contributed by atoms with Crippen molar-refractivity contribution >= 4 is 23.6 Å². The zero-order valence-electron chi connectivity index (χ0n) is 12.5. The predicted molar refractivity (Wildman–Crippen MR) is 81.0 cm³/mol. The minimum Gasteiger partial charge on any atom is -0.457 e. The van der Waals surface area contributed by atoms with E-state index >= 15 is 0 Å². The third-order valence-electron chi connectivity index (χ3n) is 3.56. The first-order valence-corrected chi connectivity index (χ1v) is 7.21. The van der Waals surface area contributed by atoms with E-state index in [1.54, 1.807) is 12.1 Å². The Bertz CT molecular complexity index is 722. The first-order valence-electron chi connectivity index (χ1n) is 7.21. The van der Waals surface area contributed by atoms with Gasteiger partial charge in [0.25, 0.3) is 0 Å². The Hall–Kier alpha value is -2.77. The summed E-state index contributed by atoms with van der Waals surface area (Å²) in [6, 6.07) is 5.71. The van der Waals surface area contributed by atoms with Crippen molar-refractivity contribution in [1.82, 2.24) is 15.0 Å². The van der Waals surface area contributed by atoms with Crippen LogP contribution in [0.25, 0.3) is 0 Å². The molecule has 0 amide bonds. The second-order valence-electron chi connectivity index (χ2n) is 5.49. The number of hydrogen-bond acceptors (Lipinski definition) is 7. The minimum atomic E-state index is -0.340. The van der Waals surface area contributed by atoms with Gasteiger partial charge in [-0.25, -0.2) is 4.39 Å². The van der Waals surface area contributed by atoms with Crippen molar-refractivity contribution in [3.63, 3.8) is 0 Å². The monoisotopic (exact) mass is 317 g/mol. The summed E-state index contributed by atoms with van der Waals surface area (Å²) >= 11 is 0. The molecular formula is C15H16FN5O2. The van der Waals surface area contributed by atoms with E-state index in [1.165, 1.54) is 12.1 Å². The first kappa shape index (κ1) is 15.1. The molecule has 0 spiro atoms. The second kappa shape index (κ2) is 6.15. The molecule has 2 atom stereocenters. The molecule has 1 fully saturated rings.